The number of hydrogen-bond donors (Lipinski definition) is 3. The average molecular weight is 513 g/mol. The van der Waals surface area contributed by atoms with E-state index in [1.54, 1.807) is 30.3 Å². The van der Waals surface area contributed by atoms with Crippen molar-refractivity contribution in [1.29, 1.82) is 0 Å². The number of likely N-dealkylation sites (N-methyl/N-ethyl adjacent to an activating group) is 1. The number of rotatable bonds is 5. The van der Waals surface area contributed by atoms with E-state index in [2.05, 4.69) is 10.6 Å². The van der Waals surface area contributed by atoms with Crippen LogP contribution >= 0.6 is 0 Å². The van der Waals surface area contributed by atoms with E-state index in [9.17, 15) is 19.2 Å². The molecule has 11 nitrogen and oxygen atoms in total. The molecule has 1 aliphatic heterocycles. The lowest BCUT2D eigenvalue weighted by Gasteiger charge is -2.30. The Balaban J connectivity index is 2.29. The second-order valence-corrected chi connectivity index (χ2v) is 8.62. The minimum absolute atomic E-state index is 0.133. The van der Waals surface area contributed by atoms with Gasteiger partial charge in [-0.3, -0.25) is 14.4 Å². The lowest BCUT2D eigenvalue weighted by molar-refractivity contribution is -0.145. The predicted octanol–water partition coefficient (Wildman–Crippen LogP) is 0.548. The van der Waals surface area contributed by atoms with Crippen molar-refractivity contribution >= 4 is 23.7 Å². The van der Waals surface area contributed by atoms with E-state index in [1.807, 2.05) is 6.07 Å². The van der Waals surface area contributed by atoms with Crippen LogP contribution in [0.15, 0.2) is 36.4 Å². The third kappa shape index (κ3) is 5.83. The van der Waals surface area contributed by atoms with Gasteiger partial charge >= 0.3 is 5.97 Å². The Morgan fingerprint density at radius 2 is 1.59 bits per heavy atom. The molecular weight excluding hydrogens is 480 g/mol. The molecule has 198 valence electrons. The second-order valence-electron chi connectivity index (χ2n) is 8.62. The van der Waals surface area contributed by atoms with Crippen LogP contribution in [0.5, 0.6) is 11.5 Å². The molecule has 1 aliphatic rings. The zero-order valence-corrected chi connectivity index (χ0v) is 21.5. The number of hydrogen-bond acceptors (Lipinski definition) is 8. The molecule has 0 unspecified atom stereocenters. The Morgan fingerprint density at radius 1 is 0.973 bits per heavy atom. The number of carbonyl (C=O) groups excluding carboxylic acids is 4. The van der Waals surface area contributed by atoms with Gasteiger partial charge in [0.05, 0.1) is 27.9 Å². The number of nitrogens with zero attached hydrogens (tertiary/aromatic N) is 1. The van der Waals surface area contributed by atoms with Gasteiger partial charge in [0, 0.05) is 24.6 Å². The number of fused-ring (bicyclic) bond motifs is 5. The highest BCUT2D eigenvalue weighted by Gasteiger charge is 2.33. The maximum atomic E-state index is 13.5. The molecule has 0 saturated heterocycles. The highest BCUT2D eigenvalue weighted by atomic mass is 16.5. The maximum absolute atomic E-state index is 13.5. The first-order valence-electron chi connectivity index (χ1n) is 11.6. The van der Waals surface area contributed by atoms with Crippen molar-refractivity contribution in [3.8, 4) is 22.6 Å². The summed E-state index contributed by atoms with van der Waals surface area (Å²) in [5.41, 5.74) is 8.01. The SMILES string of the molecule is COC(=O)[C@@H]1Cc2ccc(OC)c(c2)-c2cc(ccc2OC)[C@H](N(C)C(=O)CN)C(=O)N[C@@H](C)C(=O)N1. The topological polar surface area (TPSA) is 149 Å². The van der Waals surface area contributed by atoms with Crippen LogP contribution in [0.1, 0.15) is 24.1 Å². The van der Waals surface area contributed by atoms with Crippen LogP contribution in [0.25, 0.3) is 11.1 Å². The summed E-state index contributed by atoms with van der Waals surface area (Å²) in [4.78, 5) is 52.7. The number of ether oxygens (including phenoxy) is 3. The van der Waals surface area contributed by atoms with Crippen LogP contribution in [-0.4, -0.2) is 75.6 Å². The maximum Gasteiger partial charge on any atom is 0.328 e. The molecule has 0 aliphatic carbocycles. The Kier molecular flexibility index (Phi) is 8.72. The van der Waals surface area contributed by atoms with Crippen molar-refractivity contribution in [2.75, 3.05) is 34.9 Å². The van der Waals surface area contributed by atoms with E-state index >= 15 is 0 Å². The smallest absolute Gasteiger partial charge is 0.328 e. The molecule has 0 fully saturated rings. The molecular formula is C26H32N4O7. The first-order valence-corrected chi connectivity index (χ1v) is 11.6. The van der Waals surface area contributed by atoms with Crippen LogP contribution in [0.2, 0.25) is 0 Å². The molecule has 37 heavy (non-hydrogen) atoms. The van der Waals surface area contributed by atoms with Crippen molar-refractivity contribution < 1.29 is 33.4 Å². The molecule has 0 aromatic heterocycles. The molecule has 0 spiro atoms. The number of amides is 3. The van der Waals surface area contributed by atoms with Crippen LogP contribution < -0.4 is 25.8 Å². The number of nitrogens with two attached hydrogens (primary N) is 1. The summed E-state index contributed by atoms with van der Waals surface area (Å²) in [6, 6.07) is 7.32. The summed E-state index contributed by atoms with van der Waals surface area (Å²) in [6.45, 7) is 1.18. The number of esters is 1. The van der Waals surface area contributed by atoms with Crippen molar-refractivity contribution in [2.45, 2.75) is 31.5 Å². The third-order valence-corrected chi connectivity index (χ3v) is 6.29. The van der Waals surface area contributed by atoms with Crippen molar-refractivity contribution in [3.63, 3.8) is 0 Å². The first kappa shape index (κ1) is 27.5. The Labute approximate surface area is 215 Å². The Bertz CT molecular complexity index is 1200. The lowest BCUT2D eigenvalue weighted by Crippen LogP contribution is -2.53. The van der Waals surface area contributed by atoms with E-state index in [-0.39, 0.29) is 13.0 Å². The van der Waals surface area contributed by atoms with Crippen LogP contribution in [0, 0.1) is 0 Å². The fourth-order valence-corrected chi connectivity index (χ4v) is 4.26. The molecule has 11 heteroatoms. The summed E-state index contributed by atoms with van der Waals surface area (Å²) in [5, 5.41) is 5.30. The molecule has 3 atom stereocenters. The molecule has 2 aromatic rings. The lowest BCUT2D eigenvalue weighted by atomic mass is 9.93. The predicted molar refractivity (Wildman–Crippen MR) is 135 cm³/mol. The Morgan fingerprint density at radius 3 is 2.19 bits per heavy atom. The molecule has 4 N–H and O–H groups in total. The molecule has 3 amide bonds. The number of carbonyl (C=O) groups is 4. The van der Waals surface area contributed by atoms with Gasteiger partial charge < -0.3 is 35.5 Å². The second kappa shape index (κ2) is 11.7. The van der Waals surface area contributed by atoms with Crippen molar-refractivity contribution in [1.82, 2.24) is 15.5 Å². The zero-order chi connectivity index (χ0) is 27.3. The van der Waals surface area contributed by atoms with Gasteiger partial charge in [0.1, 0.15) is 29.6 Å². The van der Waals surface area contributed by atoms with E-state index in [0.717, 1.165) is 5.56 Å². The largest absolute Gasteiger partial charge is 0.496 e. The third-order valence-electron chi connectivity index (χ3n) is 6.29. The van der Waals surface area contributed by atoms with Gasteiger partial charge in [-0.1, -0.05) is 12.1 Å². The van der Waals surface area contributed by atoms with Gasteiger partial charge in [-0.25, -0.2) is 4.79 Å². The highest BCUT2D eigenvalue weighted by Crippen LogP contribution is 2.39. The standard InChI is InChI=1S/C26H32N4O7/c1-14-24(32)29-19(26(34)37-5)11-15-6-8-20(35-3)17(10-15)18-12-16(7-9-21(18)36-4)23(25(33)28-14)30(2)22(31)13-27/h6-10,12,14,19,23H,11,13,27H2,1-5H3,(H,28,33)(H,29,32)/t14-,19-,23-/m0/s1. The van der Waals surface area contributed by atoms with Gasteiger partial charge in [0.15, 0.2) is 0 Å². The van der Waals surface area contributed by atoms with Gasteiger partial charge in [0.2, 0.25) is 17.7 Å². The van der Waals surface area contributed by atoms with Crippen LogP contribution in [0.3, 0.4) is 0 Å². The van der Waals surface area contributed by atoms with Gasteiger partial charge in [-0.2, -0.15) is 0 Å². The quantitative estimate of drug-likeness (QED) is 0.492. The van der Waals surface area contributed by atoms with Crippen molar-refractivity contribution in [2.24, 2.45) is 5.73 Å². The molecule has 4 bridgehead atoms. The van der Waals surface area contributed by atoms with E-state index in [4.69, 9.17) is 19.9 Å². The first-order chi connectivity index (χ1) is 17.6. The van der Waals surface area contributed by atoms with Gasteiger partial charge in [0.25, 0.3) is 0 Å². The summed E-state index contributed by atoms with van der Waals surface area (Å²) in [5.74, 6) is -1.27. The van der Waals surface area contributed by atoms with Crippen LogP contribution in [-0.2, 0) is 30.3 Å². The number of methoxy groups -OCH3 is 3. The summed E-state index contributed by atoms with van der Waals surface area (Å²) >= 11 is 0. The fourth-order valence-electron chi connectivity index (χ4n) is 4.26. The molecule has 3 rings (SSSR count). The normalized spacial score (nSPS) is 19.6. The van der Waals surface area contributed by atoms with Gasteiger partial charge in [-0.15, -0.1) is 0 Å². The summed E-state index contributed by atoms with van der Waals surface area (Å²) < 4.78 is 16.1. The molecule has 1 heterocycles. The number of nitrogens with one attached hydrogen (secondary N) is 2. The highest BCUT2D eigenvalue weighted by molar-refractivity contribution is 5.94. The molecule has 0 radical (unpaired) electrons. The van der Waals surface area contributed by atoms with E-state index < -0.39 is 41.8 Å². The minimum Gasteiger partial charge on any atom is -0.496 e. The van der Waals surface area contributed by atoms with Crippen molar-refractivity contribution in [3.05, 3.63) is 47.5 Å². The minimum atomic E-state index is -1.11. The molecule has 2 aromatic carbocycles. The van der Waals surface area contributed by atoms with Crippen LogP contribution in [0.4, 0.5) is 0 Å². The van der Waals surface area contributed by atoms with E-state index in [0.29, 0.717) is 28.2 Å². The summed E-state index contributed by atoms with van der Waals surface area (Å²) in [7, 11) is 5.74. The van der Waals surface area contributed by atoms with Gasteiger partial charge in [-0.05, 0) is 42.3 Å². The molecule has 0 saturated carbocycles. The Hall–Kier alpha value is -4.12. The summed E-state index contributed by atoms with van der Waals surface area (Å²) in [6.07, 6.45) is 0.133. The fraction of sp³-hybridized carbons (Fsp3) is 0.385. The monoisotopic (exact) mass is 512 g/mol. The average Bonchev–Trinajstić information content (AvgIpc) is 2.90. The zero-order valence-electron chi connectivity index (χ0n) is 21.5. The number of benzene rings is 2. The van der Waals surface area contributed by atoms with E-state index in [1.165, 1.54) is 40.2 Å².